The van der Waals surface area contributed by atoms with E-state index in [9.17, 15) is 14.7 Å². The van der Waals surface area contributed by atoms with Crippen molar-refractivity contribution in [3.05, 3.63) is 53.9 Å². The monoisotopic (exact) mass is 384 g/mol. The Morgan fingerprint density at radius 1 is 1.21 bits per heavy atom. The molecule has 1 fully saturated rings. The number of nitrogens with zero attached hydrogens (tertiary/aromatic N) is 2. The van der Waals surface area contributed by atoms with Crippen LogP contribution >= 0.6 is 0 Å². The van der Waals surface area contributed by atoms with E-state index in [1.807, 2.05) is 19.1 Å². The molecule has 0 unspecified atom stereocenters. The molecule has 1 atom stereocenters. The molecule has 28 heavy (non-hydrogen) atoms. The lowest BCUT2D eigenvalue weighted by atomic mass is 10.0. The Hall–Kier alpha value is -3.09. The van der Waals surface area contributed by atoms with Gasteiger partial charge in [0.05, 0.1) is 6.61 Å². The second-order valence-corrected chi connectivity index (χ2v) is 6.59. The highest BCUT2D eigenvalue weighted by atomic mass is 16.5. The number of ether oxygens (including phenoxy) is 2. The third kappa shape index (κ3) is 4.60. The number of aromatic nitrogens is 1. The minimum atomic E-state index is -0.963. The number of amides is 1. The van der Waals surface area contributed by atoms with E-state index in [1.54, 1.807) is 30.6 Å². The highest BCUT2D eigenvalue weighted by molar-refractivity contribution is 5.97. The number of likely N-dealkylation sites (tertiary alicyclic amines) is 1. The first-order chi connectivity index (χ1) is 13.6. The van der Waals surface area contributed by atoms with Gasteiger partial charge in [0.25, 0.3) is 5.91 Å². The van der Waals surface area contributed by atoms with E-state index in [1.165, 1.54) is 4.90 Å². The number of aliphatic carboxylic acids is 1. The zero-order chi connectivity index (χ0) is 19.9. The van der Waals surface area contributed by atoms with Gasteiger partial charge in [0.2, 0.25) is 0 Å². The average Bonchev–Trinajstić information content (AvgIpc) is 2.73. The van der Waals surface area contributed by atoms with Gasteiger partial charge in [-0.25, -0.2) is 4.79 Å². The Labute approximate surface area is 163 Å². The number of carbonyl (C=O) groups is 2. The van der Waals surface area contributed by atoms with Gasteiger partial charge in [-0.3, -0.25) is 9.78 Å². The van der Waals surface area contributed by atoms with Crippen LogP contribution in [0.15, 0.2) is 42.7 Å². The lowest BCUT2D eigenvalue weighted by Crippen LogP contribution is -2.47. The zero-order valence-electron chi connectivity index (χ0n) is 15.8. The topological polar surface area (TPSA) is 89.0 Å². The van der Waals surface area contributed by atoms with E-state index in [4.69, 9.17) is 9.47 Å². The molecule has 7 heteroatoms. The highest BCUT2D eigenvalue weighted by Crippen LogP contribution is 2.30. The maximum absolute atomic E-state index is 12.9. The Bertz CT molecular complexity index is 825. The third-order valence-corrected chi connectivity index (χ3v) is 4.66. The molecule has 1 aromatic carbocycles. The predicted molar refractivity (Wildman–Crippen MR) is 102 cm³/mol. The smallest absolute Gasteiger partial charge is 0.326 e. The van der Waals surface area contributed by atoms with Crippen LogP contribution in [0.2, 0.25) is 0 Å². The molecular weight excluding hydrogens is 360 g/mol. The standard InChI is InChI=1S/C21H24N2O5/c1-2-27-19-12-16(20(24)23-11-4-3-7-17(23)21(25)26)8-9-18(19)28-14-15-6-5-10-22-13-15/h5-6,8-10,12-13,17H,2-4,7,11,14H2,1H3,(H,25,26)/t17-/m1/s1. The van der Waals surface area contributed by atoms with Gasteiger partial charge in [0.1, 0.15) is 12.6 Å². The zero-order valence-corrected chi connectivity index (χ0v) is 15.8. The summed E-state index contributed by atoms with van der Waals surface area (Å²) >= 11 is 0. The van der Waals surface area contributed by atoms with Crippen LogP contribution < -0.4 is 9.47 Å². The lowest BCUT2D eigenvalue weighted by Gasteiger charge is -2.33. The van der Waals surface area contributed by atoms with Crippen LogP contribution in [0.25, 0.3) is 0 Å². The summed E-state index contributed by atoms with van der Waals surface area (Å²) in [7, 11) is 0. The number of benzene rings is 1. The fourth-order valence-electron chi connectivity index (χ4n) is 3.27. The Kier molecular flexibility index (Phi) is 6.47. The normalized spacial score (nSPS) is 16.5. The van der Waals surface area contributed by atoms with Crippen LogP contribution in [0.3, 0.4) is 0 Å². The van der Waals surface area contributed by atoms with Gasteiger partial charge in [0, 0.05) is 30.1 Å². The molecule has 0 bridgehead atoms. The second kappa shape index (κ2) is 9.21. The summed E-state index contributed by atoms with van der Waals surface area (Å²) in [6.45, 7) is 3.04. The quantitative estimate of drug-likeness (QED) is 0.789. The summed E-state index contributed by atoms with van der Waals surface area (Å²) < 4.78 is 11.5. The Morgan fingerprint density at radius 2 is 2.07 bits per heavy atom. The molecule has 0 spiro atoms. The highest BCUT2D eigenvalue weighted by Gasteiger charge is 2.32. The van der Waals surface area contributed by atoms with Crippen molar-refractivity contribution in [3.8, 4) is 11.5 Å². The predicted octanol–water partition coefficient (Wildman–Crippen LogP) is 3.14. The molecule has 1 aliphatic rings. The van der Waals surface area contributed by atoms with Crippen LogP contribution in [0.5, 0.6) is 11.5 Å². The van der Waals surface area contributed by atoms with Gasteiger partial charge in [0.15, 0.2) is 11.5 Å². The van der Waals surface area contributed by atoms with Crippen molar-refractivity contribution in [2.45, 2.75) is 38.8 Å². The van der Waals surface area contributed by atoms with Crippen LogP contribution in [0.1, 0.15) is 42.1 Å². The van der Waals surface area contributed by atoms with E-state index >= 15 is 0 Å². The fraction of sp³-hybridized carbons (Fsp3) is 0.381. The van der Waals surface area contributed by atoms with Gasteiger partial charge in [-0.05, 0) is 50.5 Å². The molecule has 0 aliphatic carbocycles. The summed E-state index contributed by atoms with van der Waals surface area (Å²) in [6, 6.07) is 7.93. The van der Waals surface area contributed by atoms with E-state index in [-0.39, 0.29) is 5.91 Å². The van der Waals surface area contributed by atoms with Crippen LogP contribution in [-0.2, 0) is 11.4 Å². The van der Waals surface area contributed by atoms with E-state index in [2.05, 4.69) is 4.98 Å². The second-order valence-electron chi connectivity index (χ2n) is 6.59. The van der Waals surface area contributed by atoms with Gasteiger partial charge in [-0.15, -0.1) is 0 Å². The molecular formula is C21H24N2O5. The number of hydrogen-bond acceptors (Lipinski definition) is 5. The molecule has 1 aliphatic heterocycles. The average molecular weight is 384 g/mol. The molecule has 1 aromatic heterocycles. The summed E-state index contributed by atoms with van der Waals surface area (Å²) in [4.78, 5) is 29.9. The number of piperidine rings is 1. The molecule has 2 heterocycles. The van der Waals surface area contributed by atoms with Gasteiger partial charge in [-0.2, -0.15) is 0 Å². The number of carboxylic acids is 1. The Morgan fingerprint density at radius 3 is 2.79 bits per heavy atom. The van der Waals surface area contributed by atoms with Gasteiger partial charge in [-0.1, -0.05) is 6.07 Å². The number of pyridine rings is 1. The van der Waals surface area contributed by atoms with Crippen molar-refractivity contribution in [1.29, 1.82) is 0 Å². The van der Waals surface area contributed by atoms with Gasteiger partial charge >= 0.3 is 5.97 Å². The van der Waals surface area contributed by atoms with Crippen molar-refractivity contribution in [1.82, 2.24) is 9.88 Å². The summed E-state index contributed by atoms with van der Waals surface area (Å²) in [5.74, 6) is -0.279. The summed E-state index contributed by atoms with van der Waals surface area (Å²) in [6.07, 6.45) is 5.51. The minimum absolute atomic E-state index is 0.299. The molecule has 3 rings (SSSR count). The molecule has 2 aromatic rings. The first kappa shape index (κ1) is 19.7. The fourth-order valence-corrected chi connectivity index (χ4v) is 3.27. The van der Waals surface area contributed by atoms with Crippen LogP contribution in [0.4, 0.5) is 0 Å². The third-order valence-electron chi connectivity index (χ3n) is 4.66. The Balaban J connectivity index is 1.79. The molecule has 0 radical (unpaired) electrons. The number of carbonyl (C=O) groups excluding carboxylic acids is 1. The maximum atomic E-state index is 12.9. The largest absolute Gasteiger partial charge is 0.490 e. The van der Waals surface area contributed by atoms with Crippen LogP contribution in [0, 0.1) is 0 Å². The van der Waals surface area contributed by atoms with Crippen molar-refractivity contribution in [2.24, 2.45) is 0 Å². The molecule has 1 amide bonds. The molecule has 7 nitrogen and oxygen atoms in total. The molecule has 1 N–H and O–H groups in total. The van der Waals surface area contributed by atoms with E-state index in [0.29, 0.717) is 43.2 Å². The maximum Gasteiger partial charge on any atom is 0.326 e. The minimum Gasteiger partial charge on any atom is -0.490 e. The van der Waals surface area contributed by atoms with Crippen molar-refractivity contribution in [2.75, 3.05) is 13.2 Å². The number of rotatable bonds is 7. The number of hydrogen-bond donors (Lipinski definition) is 1. The van der Waals surface area contributed by atoms with Crippen molar-refractivity contribution < 1.29 is 24.2 Å². The van der Waals surface area contributed by atoms with Crippen LogP contribution in [-0.4, -0.2) is 46.1 Å². The van der Waals surface area contributed by atoms with Gasteiger partial charge < -0.3 is 19.5 Å². The first-order valence-corrected chi connectivity index (χ1v) is 9.42. The van der Waals surface area contributed by atoms with E-state index < -0.39 is 12.0 Å². The summed E-state index contributed by atoms with van der Waals surface area (Å²) in [5, 5.41) is 9.42. The number of carboxylic acid groups (broad SMARTS) is 1. The molecule has 148 valence electrons. The van der Waals surface area contributed by atoms with Crippen molar-refractivity contribution in [3.63, 3.8) is 0 Å². The summed E-state index contributed by atoms with van der Waals surface area (Å²) in [5.41, 5.74) is 1.31. The van der Waals surface area contributed by atoms with Crippen molar-refractivity contribution >= 4 is 11.9 Å². The molecule has 1 saturated heterocycles. The van der Waals surface area contributed by atoms with E-state index in [0.717, 1.165) is 18.4 Å². The SMILES string of the molecule is CCOc1cc(C(=O)N2CCCC[C@@H]2C(=O)O)ccc1OCc1cccnc1. The molecule has 0 saturated carbocycles. The lowest BCUT2D eigenvalue weighted by molar-refractivity contribution is -0.143. The first-order valence-electron chi connectivity index (χ1n) is 9.42.